The van der Waals surface area contributed by atoms with E-state index in [0.717, 1.165) is 36.6 Å². The smallest absolute Gasteiger partial charge is 0.256 e. The molecule has 0 bridgehead atoms. The number of hydrogen-bond donors (Lipinski definition) is 1. The van der Waals surface area contributed by atoms with Gasteiger partial charge in [0, 0.05) is 21.9 Å². The molecule has 0 fully saturated rings. The Labute approximate surface area is 163 Å². The van der Waals surface area contributed by atoms with Crippen molar-refractivity contribution < 1.29 is 4.79 Å². The number of thiazole rings is 1. The van der Waals surface area contributed by atoms with Crippen LogP contribution in [0, 0.1) is 6.92 Å². The lowest BCUT2D eigenvalue weighted by Crippen LogP contribution is -2.13. The van der Waals surface area contributed by atoms with Crippen LogP contribution in [0.5, 0.6) is 0 Å². The van der Waals surface area contributed by atoms with Crippen LogP contribution >= 0.6 is 27.3 Å². The van der Waals surface area contributed by atoms with Gasteiger partial charge in [0.2, 0.25) is 0 Å². The predicted octanol–water partition coefficient (Wildman–Crippen LogP) is 5.68. The third-order valence-corrected chi connectivity index (χ3v) is 5.74. The molecule has 6 heteroatoms. The zero-order valence-electron chi connectivity index (χ0n) is 13.9. The fraction of sp³-hybridized carbons (Fsp3) is 0.0500. The lowest BCUT2D eigenvalue weighted by molar-refractivity contribution is 0.102. The standard InChI is InChI=1S/C20H14BrN3OS/c1-12-8-9-13(19-24-16-7-4-10-22-20(16)26-19)11-17(12)23-18(25)14-5-2-3-6-15(14)21/h2-11H,1H3,(H,23,25). The molecule has 2 aromatic heterocycles. The number of halogens is 1. The molecule has 0 unspecified atom stereocenters. The fourth-order valence-corrected chi connectivity index (χ4v) is 3.99. The van der Waals surface area contributed by atoms with E-state index in [1.807, 2.05) is 55.5 Å². The molecule has 0 atom stereocenters. The Balaban J connectivity index is 1.68. The van der Waals surface area contributed by atoms with Gasteiger partial charge in [-0.15, -0.1) is 0 Å². The predicted molar refractivity (Wildman–Crippen MR) is 110 cm³/mol. The minimum atomic E-state index is -0.149. The lowest BCUT2D eigenvalue weighted by atomic mass is 10.1. The molecular weight excluding hydrogens is 410 g/mol. The van der Waals surface area contributed by atoms with E-state index in [1.165, 1.54) is 0 Å². The first-order valence-corrected chi connectivity index (χ1v) is 9.61. The molecule has 0 spiro atoms. The van der Waals surface area contributed by atoms with Gasteiger partial charge in [0.25, 0.3) is 5.91 Å². The molecule has 4 aromatic rings. The van der Waals surface area contributed by atoms with Crippen LogP contribution < -0.4 is 5.32 Å². The van der Waals surface area contributed by atoms with Crippen molar-refractivity contribution >= 4 is 49.2 Å². The molecule has 0 aliphatic rings. The van der Waals surface area contributed by atoms with Crippen LogP contribution in [0.1, 0.15) is 15.9 Å². The van der Waals surface area contributed by atoms with Gasteiger partial charge in [0.15, 0.2) is 0 Å². The number of aryl methyl sites for hydroxylation is 1. The van der Waals surface area contributed by atoms with Gasteiger partial charge in [-0.3, -0.25) is 4.79 Å². The Hall–Kier alpha value is -2.57. The van der Waals surface area contributed by atoms with Crippen LogP contribution in [0.2, 0.25) is 0 Å². The Morgan fingerprint density at radius 2 is 1.96 bits per heavy atom. The van der Waals surface area contributed by atoms with Crippen molar-refractivity contribution in [3.05, 3.63) is 76.4 Å². The number of benzene rings is 2. The lowest BCUT2D eigenvalue weighted by Gasteiger charge is -2.11. The molecule has 0 aliphatic carbocycles. The summed E-state index contributed by atoms with van der Waals surface area (Å²) in [6.07, 6.45) is 1.77. The van der Waals surface area contributed by atoms with Gasteiger partial charge in [-0.1, -0.05) is 35.6 Å². The fourth-order valence-electron chi connectivity index (χ4n) is 2.62. The number of rotatable bonds is 3. The zero-order valence-corrected chi connectivity index (χ0v) is 16.3. The van der Waals surface area contributed by atoms with E-state index < -0.39 is 0 Å². The number of fused-ring (bicyclic) bond motifs is 1. The monoisotopic (exact) mass is 423 g/mol. The summed E-state index contributed by atoms with van der Waals surface area (Å²) < 4.78 is 0.767. The van der Waals surface area contributed by atoms with Gasteiger partial charge in [0.1, 0.15) is 15.4 Å². The maximum Gasteiger partial charge on any atom is 0.256 e. The number of pyridine rings is 1. The van der Waals surface area contributed by atoms with Crippen molar-refractivity contribution in [2.75, 3.05) is 5.32 Å². The van der Waals surface area contributed by atoms with Crippen molar-refractivity contribution in [3.8, 4) is 10.6 Å². The summed E-state index contributed by atoms with van der Waals surface area (Å²) in [5.74, 6) is -0.149. The third kappa shape index (κ3) is 3.25. The SMILES string of the molecule is Cc1ccc(-c2nc3cccnc3s2)cc1NC(=O)c1ccccc1Br. The summed E-state index contributed by atoms with van der Waals surface area (Å²) in [5.41, 5.74) is 4.21. The van der Waals surface area contributed by atoms with Crippen molar-refractivity contribution in [1.29, 1.82) is 0 Å². The van der Waals surface area contributed by atoms with E-state index in [-0.39, 0.29) is 5.91 Å². The number of amides is 1. The number of anilines is 1. The molecule has 0 saturated heterocycles. The Kier molecular flexibility index (Phi) is 4.53. The van der Waals surface area contributed by atoms with E-state index in [2.05, 4.69) is 31.2 Å². The molecule has 0 aliphatic heterocycles. The highest BCUT2D eigenvalue weighted by Crippen LogP contribution is 2.31. The summed E-state index contributed by atoms with van der Waals surface area (Å²) >= 11 is 4.96. The first kappa shape index (κ1) is 16.9. The molecule has 4 rings (SSSR count). The number of nitrogens with zero attached hydrogens (tertiary/aromatic N) is 2. The number of nitrogens with one attached hydrogen (secondary N) is 1. The molecule has 128 valence electrons. The summed E-state index contributed by atoms with van der Waals surface area (Å²) in [7, 11) is 0. The average Bonchev–Trinajstić information content (AvgIpc) is 3.08. The van der Waals surface area contributed by atoms with E-state index in [4.69, 9.17) is 0 Å². The van der Waals surface area contributed by atoms with Crippen LogP contribution in [0.3, 0.4) is 0 Å². The first-order chi connectivity index (χ1) is 12.6. The van der Waals surface area contributed by atoms with Crippen LogP contribution in [0.25, 0.3) is 20.9 Å². The first-order valence-electron chi connectivity index (χ1n) is 8.00. The average molecular weight is 424 g/mol. The maximum absolute atomic E-state index is 12.6. The number of carbonyl (C=O) groups excluding carboxylic acids is 1. The molecule has 0 saturated carbocycles. The minimum Gasteiger partial charge on any atom is -0.322 e. The topological polar surface area (TPSA) is 54.9 Å². The second-order valence-corrected chi connectivity index (χ2v) is 7.64. The molecule has 4 nitrogen and oxygen atoms in total. The largest absolute Gasteiger partial charge is 0.322 e. The number of carbonyl (C=O) groups is 1. The van der Waals surface area contributed by atoms with E-state index in [1.54, 1.807) is 23.6 Å². The summed E-state index contributed by atoms with van der Waals surface area (Å²) in [4.78, 5) is 22.5. The van der Waals surface area contributed by atoms with Gasteiger partial charge in [-0.2, -0.15) is 0 Å². The highest BCUT2D eigenvalue weighted by molar-refractivity contribution is 9.10. The Bertz CT molecular complexity index is 1090. The summed E-state index contributed by atoms with van der Waals surface area (Å²) in [5, 5.41) is 3.89. The van der Waals surface area contributed by atoms with Crippen molar-refractivity contribution in [3.63, 3.8) is 0 Å². The number of hydrogen-bond acceptors (Lipinski definition) is 4. The second-order valence-electron chi connectivity index (χ2n) is 5.81. The molecule has 2 heterocycles. The minimum absolute atomic E-state index is 0.149. The van der Waals surface area contributed by atoms with Crippen LogP contribution in [-0.2, 0) is 0 Å². The van der Waals surface area contributed by atoms with Crippen molar-refractivity contribution in [2.24, 2.45) is 0 Å². The van der Waals surface area contributed by atoms with Crippen LogP contribution in [0.15, 0.2) is 65.3 Å². The summed E-state index contributed by atoms with van der Waals surface area (Å²) in [6, 6.07) is 17.2. The van der Waals surface area contributed by atoms with E-state index in [0.29, 0.717) is 5.56 Å². The molecular formula is C20H14BrN3OS. The Morgan fingerprint density at radius 1 is 1.12 bits per heavy atom. The zero-order chi connectivity index (χ0) is 18.1. The van der Waals surface area contributed by atoms with E-state index in [9.17, 15) is 4.79 Å². The molecule has 26 heavy (non-hydrogen) atoms. The molecule has 1 N–H and O–H groups in total. The van der Waals surface area contributed by atoms with Gasteiger partial charge >= 0.3 is 0 Å². The maximum atomic E-state index is 12.6. The normalized spacial score (nSPS) is 10.8. The van der Waals surface area contributed by atoms with E-state index >= 15 is 0 Å². The van der Waals surface area contributed by atoms with Gasteiger partial charge in [0.05, 0.1) is 5.56 Å². The highest BCUT2D eigenvalue weighted by atomic mass is 79.9. The Morgan fingerprint density at radius 3 is 2.77 bits per heavy atom. The number of aromatic nitrogens is 2. The van der Waals surface area contributed by atoms with Crippen LogP contribution in [0.4, 0.5) is 5.69 Å². The molecule has 1 amide bonds. The van der Waals surface area contributed by atoms with Crippen molar-refractivity contribution in [1.82, 2.24) is 9.97 Å². The second kappa shape index (κ2) is 6.97. The molecule has 2 aromatic carbocycles. The van der Waals surface area contributed by atoms with Crippen molar-refractivity contribution in [2.45, 2.75) is 6.92 Å². The molecule has 0 radical (unpaired) electrons. The summed E-state index contributed by atoms with van der Waals surface area (Å²) in [6.45, 7) is 1.97. The highest BCUT2D eigenvalue weighted by Gasteiger charge is 2.13. The van der Waals surface area contributed by atoms with Gasteiger partial charge < -0.3 is 5.32 Å². The quantitative estimate of drug-likeness (QED) is 0.460. The van der Waals surface area contributed by atoms with Gasteiger partial charge in [-0.25, -0.2) is 9.97 Å². The van der Waals surface area contributed by atoms with Crippen LogP contribution in [-0.4, -0.2) is 15.9 Å². The van der Waals surface area contributed by atoms with Gasteiger partial charge in [-0.05, 0) is 58.7 Å². The third-order valence-electron chi connectivity index (χ3n) is 4.02.